The van der Waals surface area contributed by atoms with E-state index in [2.05, 4.69) is 15.5 Å². The Kier molecular flexibility index (Phi) is 7.27. The molecule has 2 N–H and O–H groups in total. The normalized spacial score (nSPS) is 17.4. The van der Waals surface area contributed by atoms with Crippen molar-refractivity contribution in [1.82, 2.24) is 4.90 Å². The SMILES string of the molecule is O=C1Nc2cc(C(=O)N3CCN(c4ccc(F)cc4)CC3)ccc2NC1CS(=O)(=O)Cc1cccc(Cl)c1. The van der Waals surface area contributed by atoms with Crippen LogP contribution in [0.3, 0.4) is 0 Å². The van der Waals surface area contributed by atoms with Crippen molar-refractivity contribution in [3.63, 3.8) is 0 Å². The minimum atomic E-state index is -3.61. The van der Waals surface area contributed by atoms with Gasteiger partial charge in [-0.1, -0.05) is 23.7 Å². The molecule has 2 aliphatic heterocycles. The third-order valence-electron chi connectivity index (χ3n) is 6.63. The third-order valence-corrected chi connectivity index (χ3v) is 8.47. The van der Waals surface area contributed by atoms with Crippen LogP contribution >= 0.6 is 11.6 Å². The first kappa shape index (κ1) is 26.0. The first-order chi connectivity index (χ1) is 18.2. The second-order valence-electron chi connectivity index (χ2n) is 9.39. The van der Waals surface area contributed by atoms with Crippen LogP contribution in [0.25, 0.3) is 0 Å². The average molecular weight is 557 g/mol. The molecule has 0 saturated carbocycles. The zero-order valence-corrected chi connectivity index (χ0v) is 21.9. The van der Waals surface area contributed by atoms with Crippen molar-refractivity contribution in [2.45, 2.75) is 11.8 Å². The van der Waals surface area contributed by atoms with Gasteiger partial charge in [0.15, 0.2) is 9.84 Å². The summed E-state index contributed by atoms with van der Waals surface area (Å²) in [4.78, 5) is 29.7. The number of halogens is 2. The van der Waals surface area contributed by atoms with Crippen LogP contribution in [0.2, 0.25) is 5.02 Å². The Bertz CT molecular complexity index is 1470. The number of sulfone groups is 1. The number of piperazine rings is 1. The maximum Gasteiger partial charge on any atom is 0.254 e. The van der Waals surface area contributed by atoms with Crippen LogP contribution in [0.5, 0.6) is 0 Å². The average Bonchev–Trinajstić information content (AvgIpc) is 2.88. The highest BCUT2D eigenvalue weighted by Gasteiger charge is 2.31. The molecular formula is C27H26ClFN4O4S. The van der Waals surface area contributed by atoms with Crippen LogP contribution in [0, 0.1) is 5.82 Å². The van der Waals surface area contributed by atoms with Crippen LogP contribution in [-0.4, -0.2) is 63.1 Å². The molecule has 5 rings (SSSR count). The number of nitrogens with zero attached hydrogens (tertiary/aromatic N) is 2. The Morgan fingerprint density at radius 3 is 2.42 bits per heavy atom. The Labute approximate surface area is 225 Å². The predicted molar refractivity (Wildman–Crippen MR) is 146 cm³/mol. The Hall–Kier alpha value is -3.63. The minimum absolute atomic E-state index is 0.160. The molecule has 198 valence electrons. The molecule has 1 saturated heterocycles. The molecule has 0 spiro atoms. The number of rotatable bonds is 6. The van der Waals surface area contributed by atoms with Crippen molar-refractivity contribution in [3.8, 4) is 0 Å². The summed E-state index contributed by atoms with van der Waals surface area (Å²) in [6.07, 6.45) is 0. The fourth-order valence-electron chi connectivity index (χ4n) is 4.69. The van der Waals surface area contributed by atoms with E-state index < -0.39 is 21.8 Å². The van der Waals surface area contributed by atoms with Crippen molar-refractivity contribution in [3.05, 3.63) is 88.7 Å². The maximum absolute atomic E-state index is 13.2. The number of fused-ring (bicyclic) bond motifs is 1. The summed E-state index contributed by atoms with van der Waals surface area (Å²) in [6.45, 7) is 2.24. The molecule has 1 atom stereocenters. The van der Waals surface area contributed by atoms with E-state index in [0.29, 0.717) is 53.7 Å². The van der Waals surface area contributed by atoms with Gasteiger partial charge in [0.05, 0.1) is 22.9 Å². The zero-order valence-electron chi connectivity index (χ0n) is 20.4. The van der Waals surface area contributed by atoms with E-state index in [9.17, 15) is 22.4 Å². The second-order valence-corrected chi connectivity index (χ2v) is 11.9. The lowest BCUT2D eigenvalue weighted by Gasteiger charge is -2.36. The number of hydrogen-bond donors (Lipinski definition) is 2. The van der Waals surface area contributed by atoms with Gasteiger partial charge < -0.3 is 20.4 Å². The van der Waals surface area contributed by atoms with Crippen LogP contribution in [0.15, 0.2) is 66.7 Å². The molecule has 2 heterocycles. The summed E-state index contributed by atoms with van der Waals surface area (Å²) in [5.41, 5.74) is 2.86. The number of carbonyl (C=O) groups is 2. The van der Waals surface area contributed by atoms with E-state index in [4.69, 9.17) is 11.6 Å². The molecule has 11 heteroatoms. The Balaban J connectivity index is 1.21. The summed E-state index contributed by atoms with van der Waals surface area (Å²) >= 11 is 5.95. The molecule has 0 aromatic heterocycles. The topological polar surface area (TPSA) is 98.8 Å². The lowest BCUT2D eigenvalue weighted by Crippen LogP contribution is -2.49. The van der Waals surface area contributed by atoms with Gasteiger partial charge in [0.25, 0.3) is 5.91 Å². The molecule has 0 radical (unpaired) electrons. The van der Waals surface area contributed by atoms with E-state index in [1.165, 1.54) is 12.1 Å². The molecular weight excluding hydrogens is 531 g/mol. The Morgan fingerprint density at radius 2 is 1.71 bits per heavy atom. The van der Waals surface area contributed by atoms with Gasteiger partial charge in [-0.15, -0.1) is 0 Å². The van der Waals surface area contributed by atoms with Gasteiger partial charge in [0.2, 0.25) is 5.91 Å². The fraction of sp³-hybridized carbons (Fsp3) is 0.259. The van der Waals surface area contributed by atoms with Gasteiger partial charge in [0, 0.05) is 42.5 Å². The highest BCUT2D eigenvalue weighted by Crippen LogP contribution is 2.29. The van der Waals surface area contributed by atoms with Crippen LogP contribution < -0.4 is 15.5 Å². The van der Waals surface area contributed by atoms with Crippen molar-refractivity contribution >= 4 is 50.3 Å². The second kappa shape index (κ2) is 10.6. The molecule has 3 aromatic rings. The Morgan fingerprint density at radius 1 is 0.974 bits per heavy atom. The number of amides is 2. The van der Waals surface area contributed by atoms with Gasteiger partial charge >= 0.3 is 0 Å². The van der Waals surface area contributed by atoms with Crippen molar-refractivity contribution in [2.24, 2.45) is 0 Å². The van der Waals surface area contributed by atoms with Gasteiger partial charge in [-0.05, 0) is 60.2 Å². The quantitative estimate of drug-likeness (QED) is 0.479. The smallest absolute Gasteiger partial charge is 0.254 e. The fourth-order valence-corrected chi connectivity index (χ4v) is 6.45. The van der Waals surface area contributed by atoms with Crippen molar-refractivity contribution in [2.75, 3.05) is 47.5 Å². The first-order valence-electron chi connectivity index (χ1n) is 12.1. The number of anilines is 3. The largest absolute Gasteiger partial charge is 0.371 e. The van der Waals surface area contributed by atoms with E-state index in [1.807, 2.05) is 0 Å². The van der Waals surface area contributed by atoms with Crippen LogP contribution in [0.1, 0.15) is 15.9 Å². The lowest BCUT2D eigenvalue weighted by molar-refractivity contribution is -0.116. The minimum Gasteiger partial charge on any atom is -0.371 e. The maximum atomic E-state index is 13.2. The highest BCUT2D eigenvalue weighted by molar-refractivity contribution is 7.90. The molecule has 2 amide bonds. The number of nitrogens with one attached hydrogen (secondary N) is 2. The van der Waals surface area contributed by atoms with E-state index in [-0.39, 0.29) is 23.2 Å². The molecule has 0 bridgehead atoms. The van der Waals surface area contributed by atoms with Gasteiger partial charge in [-0.25, -0.2) is 12.8 Å². The standard InChI is InChI=1S/C27H26ClFN4O4S/c28-20-3-1-2-18(14-20)16-38(36,37)17-25-26(34)31-24-15-19(4-9-23(24)30-25)27(35)33-12-10-32(11-13-33)22-7-5-21(29)6-8-22/h1-9,14-15,25,30H,10-13,16-17H2,(H,31,34). The monoisotopic (exact) mass is 556 g/mol. The molecule has 2 aliphatic rings. The van der Waals surface area contributed by atoms with E-state index in [0.717, 1.165) is 5.69 Å². The van der Waals surface area contributed by atoms with Crippen molar-refractivity contribution < 1.29 is 22.4 Å². The van der Waals surface area contributed by atoms with Crippen LogP contribution in [0.4, 0.5) is 21.5 Å². The molecule has 1 fully saturated rings. The summed E-state index contributed by atoms with van der Waals surface area (Å²) in [5, 5.41) is 6.18. The summed E-state index contributed by atoms with van der Waals surface area (Å²) in [5.74, 6) is -1.55. The predicted octanol–water partition coefficient (Wildman–Crippen LogP) is 3.79. The third kappa shape index (κ3) is 5.92. The molecule has 38 heavy (non-hydrogen) atoms. The number of benzene rings is 3. The first-order valence-corrected chi connectivity index (χ1v) is 14.3. The number of hydrogen-bond acceptors (Lipinski definition) is 6. The summed E-state index contributed by atoms with van der Waals surface area (Å²) < 4.78 is 38.7. The highest BCUT2D eigenvalue weighted by atomic mass is 35.5. The van der Waals surface area contributed by atoms with Gasteiger partial charge in [-0.3, -0.25) is 9.59 Å². The summed E-state index contributed by atoms with van der Waals surface area (Å²) in [7, 11) is -3.61. The van der Waals surface area contributed by atoms with Gasteiger partial charge in [-0.2, -0.15) is 0 Å². The lowest BCUT2D eigenvalue weighted by atomic mass is 10.1. The molecule has 8 nitrogen and oxygen atoms in total. The van der Waals surface area contributed by atoms with Crippen LogP contribution in [-0.2, 0) is 20.4 Å². The van der Waals surface area contributed by atoms with Crippen molar-refractivity contribution in [1.29, 1.82) is 0 Å². The zero-order chi connectivity index (χ0) is 26.9. The number of carbonyl (C=O) groups excluding carboxylic acids is 2. The molecule has 1 unspecified atom stereocenters. The van der Waals surface area contributed by atoms with E-state index >= 15 is 0 Å². The van der Waals surface area contributed by atoms with E-state index in [1.54, 1.807) is 59.5 Å². The molecule has 0 aliphatic carbocycles. The molecule has 3 aromatic carbocycles. The van der Waals surface area contributed by atoms with Gasteiger partial charge in [0.1, 0.15) is 11.9 Å². The summed E-state index contributed by atoms with van der Waals surface area (Å²) in [6, 6.07) is 16.9.